The van der Waals surface area contributed by atoms with E-state index in [0.717, 1.165) is 13.8 Å². The summed E-state index contributed by atoms with van der Waals surface area (Å²) < 4.78 is 87.6. The van der Waals surface area contributed by atoms with Crippen molar-refractivity contribution in [2.45, 2.75) is 57.4 Å². The average molecular weight is 300 g/mol. The minimum atomic E-state index is -3.81. The van der Waals surface area contributed by atoms with Crippen LogP contribution in [0.1, 0.15) is 13.8 Å². The van der Waals surface area contributed by atoms with Gasteiger partial charge in [0.05, 0.1) is 11.5 Å². The summed E-state index contributed by atoms with van der Waals surface area (Å²) in [5.74, 6) is 0. The van der Waals surface area contributed by atoms with Gasteiger partial charge in [0, 0.05) is 0 Å². The molecule has 0 spiro atoms. The van der Waals surface area contributed by atoms with Crippen LogP contribution in [0.25, 0.3) is 0 Å². The molecule has 0 fully saturated rings. The van der Waals surface area contributed by atoms with E-state index in [1.54, 1.807) is 0 Å². The molecule has 0 aliphatic heterocycles. The maximum absolute atomic E-state index is 13.4. The van der Waals surface area contributed by atoms with Crippen molar-refractivity contribution in [3.63, 3.8) is 0 Å². The van der Waals surface area contributed by atoms with Crippen LogP contribution in [0, 0.1) is 5.41 Å². The van der Waals surface area contributed by atoms with Gasteiger partial charge in [0.25, 0.3) is 6.43 Å². The second-order valence-corrected chi connectivity index (χ2v) is 4.73. The zero-order chi connectivity index (χ0) is 15.5. The molecule has 0 aliphatic rings. The number of halogens is 7. The number of aliphatic hydroxyl groups excluding tert-OH is 2. The van der Waals surface area contributed by atoms with Crippen LogP contribution >= 0.6 is 0 Å². The summed E-state index contributed by atoms with van der Waals surface area (Å²) in [5.41, 5.74) is -2.36. The number of alkyl halides is 7. The van der Waals surface area contributed by atoms with Gasteiger partial charge in [-0.15, -0.1) is 0 Å². The van der Waals surface area contributed by atoms with E-state index in [4.69, 9.17) is 5.11 Å². The standard InChI is InChI=1S/C10H15F7O2/c1-10(2,9(16)17)7(19)5(13)6(18)3(11)4(12)8(14)15/h3-9,18-19H,1-2H3. The first-order valence-electron chi connectivity index (χ1n) is 5.29. The average Bonchev–Trinajstić information content (AvgIpc) is 2.33. The summed E-state index contributed by atoms with van der Waals surface area (Å²) in [6.45, 7) is 1.46. The van der Waals surface area contributed by atoms with Crippen LogP contribution in [0.2, 0.25) is 0 Å². The van der Waals surface area contributed by atoms with Gasteiger partial charge in [0.2, 0.25) is 6.43 Å². The van der Waals surface area contributed by atoms with Gasteiger partial charge >= 0.3 is 0 Å². The van der Waals surface area contributed by atoms with Crippen molar-refractivity contribution in [3.8, 4) is 0 Å². The van der Waals surface area contributed by atoms with Crippen LogP contribution in [0.15, 0.2) is 0 Å². The number of rotatable bonds is 7. The highest BCUT2D eigenvalue weighted by Gasteiger charge is 2.48. The Morgan fingerprint density at radius 3 is 1.47 bits per heavy atom. The highest BCUT2D eigenvalue weighted by Crippen LogP contribution is 2.34. The van der Waals surface area contributed by atoms with E-state index in [2.05, 4.69) is 0 Å². The molecule has 0 saturated heterocycles. The lowest BCUT2D eigenvalue weighted by molar-refractivity contribution is -0.142. The Bertz CT molecular complexity index is 275. The van der Waals surface area contributed by atoms with Gasteiger partial charge in [0.15, 0.2) is 18.5 Å². The monoisotopic (exact) mass is 300 g/mol. The van der Waals surface area contributed by atoms with Crippen molar-refractivity contribution in [2.75, 3.05) is 0 Å². The molecule has 0 aliphatic carbocycles. The van der Waals surface area contributed by atoms with Crippen molar-refractivity contribution < 1.29 is 40.9 Å². The molecular formula is C10H15F7O2. The SMILES string of the molecule is CC(C)(C(F)F)C(O)C(F)C(O)C(F)C(F)C(F)F. The summed E-state index contributed by atoms with van der Waals surface area (Å²) in [4.78, 5) is 0. The van der Waals surface area contributed by atoms with Crippen LogP contribution in [0.5, 0.6) is 0 Å². The van der Waals surface area contributed by atoms with Crippen LogP contribution < -0.4 is 0 Å². The van der Waals surface area contributed by atoms with Crippen LogP contribution in [0.3, 0.4) is 0 Å². The summed E-state index contributed by atoms with van der Waals surface area (Å²) in [7, 11) is 0. The maximum Gasteiger partial charge on any atom is 0.272 e. The van der Waals surface area contributed by atoms with Gasteiger partial charge < -0.3 is 10.2 Å². The minimum Gasteiger partial charge on any atom is -0.389 e. The predicted molar refractivity (Wildman–Crippen MR) is 52.5 cm³/mol. The van der Waals surface area contributed by atoms with E-state index in [1.807, 2.05) is 0 Å². The first kappa shape index (κ1) is 18.4. The Balaban J connectivity index is 4.86. The van der Waals surface area contributed by atoms with Crippen molar-refractivity contribution >= 4 is 0 Å². The van der Waals surface area contributed by atoms with Crippen molar-refractivity contribution in [1.29, 1.82) is 0 Å². The lowest BCUT2D eigenvalue weighted by Gasteiger charge is -2.34. The quantitative estimate of drug-likeness (QED) is 0.708. The Kier molecular flexibility index (Phi) is 6.53. The summed E-state index contributed by atoms with van der Waals surface area (Å²) >= 11 is 0. The third-order valence-corrected chi connectivity index (χ3v) is 2.82. The van der Waals surface area contributed by atoms with Crippen LogP contribution in [-0.4, -0.2) is 53.8 Å². The first-order valence-corrected chi connectivity index (χ1v) is 5.29. The van der Waals surface area contributed by atoms with Crippen molar-refractivity contribution in [1.82, 2.24) is 0 Å². The molecule has 9 heteroatoms. The molecule has 2 N–H and O–H groups in total. The molecular weight excluding hydrogens is 285 g/mol. The van der Waals surface area contributed by atoms with Crippen molar-refractivity contribution in [2.24, 2.45) is 5.41 Å². The van der Waals surface area contributed by atoms with Crippen molar-refractivity contribution in [3.05, 3.63) is 0 Å². The summed E-state index contributed by atoms with van der Waals surface area (Å²) in [6.07, 6.45) is -22.4. The molecule has 116 valence electrons. The molecule has 5 unspecified atom stereocenters. The van der Waals surface area contributed by atoms with E-state index in [1.165, 1.54) is 0 Å². The van der Waals surface area contributed by atoms with E-state index in [0.29, 0.717) is 0 Å². The normalized spacial score (nSPS) is 21.3. The zero-order valence-corrected chi connectivity index (χ0v) is 10.1. The molecule has 0 saturated carbocycles. The smallest absolute Gasteiger partial charge is 0.272 e. The second kappa shape index (κ2) is 6.74. The fourth-order valence-electron chi connectivity index (χ4n) is 1.23. The molecule has 0 radical (unpaired) electrons. The van der Waals surface area contributed by atoms with E-state index >= 15 is 0 Å². The van der Waals surface area contributed by atoms with E-state index in [-0.39, 0.29) is 0 Å². The largest absolute Gasteiger partial charge is 0.389 e. The number of hydrogen-bond donors (Lipinski definition) is 2. The molecule has 0 aromatic carbocycles. The lowest BCUT2D eigenvalue weighted by Crippen LogP contribution is -2.51. The first-order chi connectivity index (χ1) is 8.44. The zero-order valence-electron chi connectivity index (χ0n) is 10.1. The molecule has 0 heterocycles. The molecule has 2 nitrogen and oxygen atoms in total. The molecule has 0 aromatic heterocycles. The minimum absolute atomic E-state index is 0.731. The topological polar surface area (TPSA) is 40.5 Å². The van der Waals surface area contributed by atoms with Gasteiger partial charge in [0.1, 0.15) is 6.10 Å². The maximum atomic E-state index is 13.4. The molecule has 0 amide bonds. The molecule has 0 aromatic rings. The third-order valence-electron chi connectivity index (χ3n) is 2.82. The van der Waals surface area contributed by atoms with Crippen LogP contribution in [0.4, 0.5) is 30.7 Å². The molecule has 0 bridgehead atoms. The highest BCUT2D eigenvalue weighted by molar-refractivity contribution is 4.93. The van der Waals surface area contributed by atoms with Gasteiger partial charge in [-0.2, -0.15) is 0 Å². The number of aliphatic hydroxyl groups is 2. The fraction of sp³-hybridized carbons (Fsp3) is 1.00. The Morgan fingerprint density at radius 2 is 1.16 bits per heavy atom. The Morgan fingerprint density at radius 1 is 0.737 bits per heavy atom. The van der Waals surface area contributed by atoms with E-state index < -0.39 is 49.0 Å². The summed E-state index contributed by atoms with van der Waals surface area (Å²) in [5, 5.41) is 18.3. The molecule has 0 rings (SSSR count). The lowest BCUT2D eigenvalue weighted by atomic mass is 9.82. The van der Waals surface area contributed by atoms with Gasteiger partial charge in [-0.05, 0) is 0 Å². The Hall–Kier alpha value is -0.570. The van der Waals surface area contributed by atoms with Crippen LogP contribution in [-0.2, 0) is 0 Å². The highest BCUT2D eigenvalue weighted by atomic mass is 19.3. The molecule has 5 atom stereocenters. The second-order valence-electron chi connectivity index (χ2n) is 4.73. The fourth-order valence-corrected chi connectivity index (χ4v) is 1.23. The summed E-state index contributed by atoms with van der Waals surface area (Å²) in [6, 6.07) is 0. The number of hydrogen-bond acceptors (Lipinski definition) is 2. The van der Waals surface area contributed by atoms with Gasteiger partial charge in [-0.25, -0.2) is 30.7 Å². The van der Waals surface area contributed by atoms with Gasteiger partial charge in [-0.3, -0.25) is 0 Å². The van der Waals surface area contributed by atoms with E-state index in [9.17, 15) is 35.8 Å². The third kappa shape index (κ3) is 4.20. The van der Waals surface area contributed by atoms with Gasteiger partial charge in [-0.1, -0.05) is 13.8 Å². The predicted octanol–water partition coefficient (Wildman–Crippen LogP) is 2.28. The molecule has 19 heavy (non-hydrogen) atoms. The Labute approximate surface area is 105 Å².